The quantitative estimate of drug-likeness (QED) is 0.711. The van der Waals surface area contributed by atoms with Gasteiger partial charge in [-0.15, -0.1) is 0 Å². The van der Waals surface area contributed by atoms with E-state index in [1.165, 1.54) is 5.56 Å². The van der Waals surface area contributed by atoms with Crippen LogP contribution in [0.25, 0.3) is 0 Å². The number of benzene rings is 1. The fraction of sp³-hybridized carbons (Fsp3) is 0.409. The summed E-state index contributed by atoms with van der Waals surface area (Å²) in [4.78, 5) is 31.3. The number of aromatic nitrogens is 1. The van der Waals surface area contributed by atoms with Crippen molar-refractivity contribution in [3.63, 3.8) is 0 Å². The van der Waals surface area contributed by atoms with Crippen LogP contribution in [0.1, 0.15) is 54.9 Å². The summed E-state index contributed by atoms with van der Waals surface area (Å²) in [5, 5.41) is 2.92. The predicted molar refractivity (Wildman–Crippen MR) is 108 cm³/mol. The second kappa shape index (κ2) is 9.31. The molecule has 1 N–H and O–H groups in total. The van der Waals surface area contributed by atoms with E-state index < -0.39 is 0 Å². The molecule has 0 unspecified atom stereocenters. The first kappa shape index (κ1) is 19.1. The third-order valence-electron chi connectivity index (χ3n) is 4.86. The van der Waals surface area contributed by atoms with Crippen molar-refractivity contribution in [1.82, 2.24) is 4.98 Å². The number of anilines is 2. The number of carbonyl (C=O) groups is 2. The molecule has 27 heavy (non-hydrogen) atoms. The number of hydrogen-bond acceptors (Lipinski definition) is 4. The van der Waals surface area contributed by atoms with E-state index in [0.717, 1.165) is 50.3 Å². The van der Waals surface area contributed by atoms with E-state index in [-0.39, 0.29) is 24.5 Å². The minimum atomic E-state index is -0.153. The van der Waals surface area contributed by atoms with E-state index in [0.29, 0.717) is 5.56 Å². The summed E-state index contributed by atoms with van der Waals surface area (Å²) < 4.78 is 0. The molecule has 0 atom stereocenters. The minimum absolute atomic E-state index is 0.000786. The molecule has 5 heteroatoms. The number of carbonyl (C=O) groups excluding carboxylic acids is 2. The zero-order valence-electron chi connectivity index (χ0n) is 15.9. The Hall–Kier alpha value is -2.69. The lowest BCUT2D eigenvalue weighted by Gasteiger charge is -2.19. The molecule has 2 heterocycles. The van der Waals surface area contributed by atoms with Gasteiger partial charge in [0.15, 0.2) is 11.6 Å². The van der Waals surface area contributed by atoms with Crippen LogP contribution in [0.3, 0.4) is 0 Å². The molecule has 1 aliphatic rings. The lowest BCUT2D eigenvalue weighted by Crippen LogP contribution is -2.22. The van der Waals surface area contributed by atoms with E-state index in [2.05, 4.69) is 22.1 Å². The van der Waals surface area contributed by atoms with Gasteiger partial charge in [0.2, 0.25) is 5.91 Å². The summed E-state index contributed by atoms with van der Waals surface area (Å²) in [6, 6.07) is 11.4. The van der Waals surface area contributed by atoms with E-state index in [9.17, 15) is 9.59 Å². The summed E-state index contributed by atoms with van der Waals surface area (Å²) >= 11 is 0. The topological polar surface area (TPSA) is 62.3 Å². The Morgan fingerprint density at radius 1 is 1.07 bits per heavy atom. The van der Waals surface area contributed by atoms with Crippen LogP contribution in [0.4, 0.5) is 11.5 Å². The van der Waals surface area contributed by atoms with Crippen molar-refractivity contribution >= 4 is 23.2 Å². The molecule has 0 bridgehead atoms. The number of pyridine rings is 1. The lowest BCUT2D eigenvalue weighted by molar-refractivity contribution is -0.116. The van der Waals surface area contributed by atoms with Gasteiger partial charge in [0.05, 0.1) is 5.69 Å². The summed E-state index contributed by atoms with van der Waals surface area (Å²) in [6.07, 6.45) is 6.52. The maximum atomic E-state index is 12.3. The van der Waals surface area contributed by atoms with Gasteiger partial charge in [-0.05, 0) is 37.0 Å². The molecule has 0 spiro atoms. The van der Waals surface area contributed by atoms with Gasteiger partial charge in [-0.2, -0.15) is 0 Å². The van der Waals surface area contributed by atoms with Gasteiger partial charge in [0.25, 0.3) is 0 Å². The number of aryl methyl sites for hydroxylation is 1. The Labute approximate surface area is 160 Å². The highest BCUT2D eigenvalue weighted by Crippen LogP contribution is 2.26. The number of nitrogens with zero attached hydrogens (tertiary/aromatic N) is 2. The number of nitrogens with one attached hydrogen (secondary N) is 1. The van der Waals surface area contributed by atoms with Crippen molar-refractivity contribution < 1.29 is 9.59 Å². The molecule has 0 radical (unpaired) electrons. The van der Waals surface area contributed by atoms with Crippen LogP contribution >= 0.6 is 0 Å². The smallest absolute Gasteiger partial charge is 0.224 e. The molecule has 1 fully saturated rings. The van der Waals surface area contributed by atoms with Crippen LogP contribution in [0, 0.1) is 0 Å². The van der Waals surface area contributed by atoms with Crippen molar-refractivity contribution in [2.75, 3.05) is 23.3 Å². The highest BCUT2D eigenvalue weighted by atomic mass is 16.2. The third kappa shape index (κ3) is 5.16. The molecule has 0 saturated carbocycles. The van der Waals surface area contributed by atoms with Crippen LogP contribution in [-0.2, 0) is 11.2 Å². The molecular weight excluding hydrogens is 338 g/mol. The average molecular weight is 365 g/mol. The van der Waals surface area contributed by atoms with Gasteiger partial charge in [0.1, 0.15) is 0 Å². The maximum absolute atomic E-state index is 12.3. The van der Waals surface area contributed by atoms with Crippen molar-refractivity contribution in [2.24, 2.45) is 0 Å². The standard InChI is InChI=1S/C22H27N3O2/c1-2-6-17-8-10-18(11-9-17)20(26)12-13-21(27)24-19-7-5-14-23-22(19)25-15-3-4-16-25/h5,7-11,14H,2-4,6,12-13,15-16H2,1H3,(H,24,27). The van der Waals surface area contributed by atoms with E-state index in [1.54, 1.807) is 6.20 Å². The number of rotatable bonds is 8. The van der Waals surface area contributed by atoms with Crippen LogP contribution in [-0.4, -0.2) is 29.8 Å². The summed E-state index contributed by atoms with van der Waals surface area (Å²) in [5.74, 6) is 0.666. The number of Topliss-reactive ketones (excluding diaryl/α,β-unsaturated/α-hetero) is 1. The van der Waals surface area contributed by atoms with Crippen molar-refractivity contribution in [1.29, 1.82) is 0 Å². The first-order valence-electron chi connectivity index (χ1n) is 9.79. The Morgan fingerprint density at radius 2 is 1.81 bits per heavy atom. The van der Waals surface area contributed by atoms with Crippen molar-refractivity contribution in [3.8, 4) is 0 Å². The largest absolute Gasteiger partial charge is 0.355 e. The molecule has 142 valence electrons. The van der Waals surface area contributed by atoms with E-state index >= 15 is 0 Å². The van der Waals surface area contributed by atoms with Gasteiger partial charge >= 0.3 is 0 Å². The lowest BCUT2D eigenvalue weighted by atomic mass is 10.0. The number of amides is 1. The highest BCUT2D eigenvalue weighted by molar-refractivity contribution is 6.00. The molecule has 0 aliphatic carbocycles. The first-order chi connectivity index (χ1) is 13.2. The third-order valence-corrected chi connectivity index (χ3v) is 4.86. The molecule has 1 saturated heterocycles. The highest BCUT2D eigenvalue weighted by Gasteiger charge is 2.18. The fourth-order valence-electron chi connectivity index (χ4n) is 3.41. The van der Waals surface area contributed by atoms with Crippen molar-refractivity contribution in [3.05, 3.63) is 53.7 Å². The zero-order chi connectivity index (χ0) is 19.1. The molecule has 1 aliphatic heterocycles. The summed E-state index contributed by atoms with van der Waals surface area (Å²) in [7, 11) is 0. The van der Waals surface area contributed by atoms with Gasteiger partial charge < -0.3 is 10.2 Å². The van der Waals surface area contributed by atoms with Gasteiger partial charge in [-0.1, -0.05) is 37.6 Å². The molecule has 1 aromatic heterocycles. The predicted octanol–water partition coefficient (Wildman–Crippen LogP) is 4.24. The van der Waals surface area contributed by atoms with Gasteiger partial charge in [0, 0.05) is 37.7 Å². The molecular formula is C22H27N3O2. The van der Waals surface area contributed by atoms with Crippen LogP contribution in [0.15, 0.2) is 42.6 Å². The summed E-state index contributed by atoms with van der Waals surface area (Å²) in [5.41, 5.74) is 2.63. The van der Waals surface area contributed by atoms with E-state index in [4.69, 9.17) is 0 Å². The SMILES string of the molecule is CCCc1ccc(C(=O)CCC(=O)Nc2cccnc2N2CCCC2)cc1. The Bertz CT molecular complexity index is 780. The first-order valence-corrected chi connectivity index (χ1v) is 9.79. The molecule has 3 rings (SSSR count). The Kier molecular flexibility index (Phi) is 6.58. The normalized spacial score (nSPS) is 13.6. The van der Waals surface area contributed by atoms with Crippen LogP contribution in [0.2, 0.25) is 0 Å². The Balaban J connectivity index is 1.54. The Morgan fingerprint density at radius 3 is 2.52 bits per heavy atom. The second-order valence-electron chi connectivity index (χ2n) is 6.99. The van der Waals surface area contributed by atoms with Crippen LogP contribution < -0.4 is 10.2 Å². The van der Waals surface area contributed by atoms with Gasteiger partial charge in [-0.25, -0.2) is 4.98 Å². The van der Waals surface area contributed by atoms with Gasteiger partial charge in [-0.3, -0.25) is 9.59 Å². The number of hydrogen-bond donors (Lipinski definition) is 1. The minimum Gasteiger partial charge on any atom is -0.355 e. The summed E-state index contributed by atoms with van der Waals surface area (Å²) in [6.45, 7) is 4.06. The molecule has 1 amide bonds. The monoisotopic (exact) mass is 365 g/mol. The van der Waals surface area contributed by atoms with Crippen molar-refractivity contribution in [2.45, 2.75) is 45.4 Å². The van der Waals surface area contributed by atoms with Crippen LogP contribution in [0.5, 0.6) is 0 Å². The molecule has 5 nitrogen and oxygen atoms in total. The number of ketones is 1. The molecule has 1 aromatic carbocycles. The average Bonchev–Trinajstić information content (AvgIpc) is 3.22. The van der Waals surface area contributed by atoms with E-state index in [1.807, 2.05) is 36.4 Å². The zero-order valence-corrected chi connectivity index (χ0v) is 15.9. The fourth-order valence-corrected chi connectivity index (χ4v) is 3.41. The molecule has 2 aromatic rings. The second-order valence-corrected chi connectivity index (χ2v) is 6.99. The maximum Gasteiger partial charge on any atom is 0.224 e.